The van der Waals surface area contributed by atoms with E-state index in [9.17, 15) is 0 Å². The SMILES string of the molecule is CC(S)CNCCOCCN1CCC(NC(C)C)CC1. The molecule has 0 saturated carbocycles. The second-order valence-corrected chi connectivity index (χ2v) is 6.98. The molecular formula is C15H33N3OS. The molecule has 1 fully saturated rings. The topological polar surface area (TPSA) is 36.5 Å². The summed E-state index contributed by atoms with van der Waals surface area (Å²) in [5.74, 6) is 0. The van der Waals surface area contributed by atoms with Gasteiger partial charge in [-0.1, -0.05) is 20.8 Å². The lowest BCUT2D eigenvalue weighted by molar-refractivity contribution is 0.0926. The third-order valence-corrected chi connectivity index (χ3v) is 3.75. The van der Waals surface area contributed by atoms with E-state index in [2.05, 4.69) is 48.9 Å². The van der Waals surface area contributed by atoms with E-state index in [-0.39, 0.29) is 0 Å². The van der Waals surface area contributed by atoms with Gasteiger partial charge in [-0.25, -0.2) is 0 Å². The Morgan fingerprint density at radius 2 is 1.90 bits per heavy atom. The van der Waals surface area contributed by atoms with Gasteiger partial charge in [0, 0.05) is 37.0 Å². The molecule has 0 radical (unpaired) electrons. The Bertz CT molecular complexity index is 231. The van der Waals surface area contributed by atoms with E-state index >= 15 is 0 Å². The predicted molar refractivity (Wildman–Crippen MR) is 89.9 cm³/mol. The number of hydrogen-bond donors (Lipinski definition) is 3. The Hall–Kier alpha value is 0.190. The Kier molecular flexibility index (Phi) is 9.90. The summed E-state index contributed by atoms with van der Waals surface area (Å²) in [5.41, 5.74) is 0. The summed E-state index contributed by atoms with van der Waals surface area (Å²) in [7, 11) is 0. The summed E-state index contributed by atoms with van der Waals surface area (Å²) >= 11 is 4.32. The van der Waals surface area contributed by atoms with Gasteiger partial charge >= 0.3 is 0 Å². The third kappa shape index (κ3) is 9.19. The molecular weight excluding hydrogens is 270 g/mol. The van der Waals surface area contributed by atoms with Crippen molar-refractivity contribution in [3.63, 3.8) is 0 Å². The minimum absolute atomic E-state index is 0.413. The van der Waals surface area contributed by atoms with Crippen molar-refractivity contribution in [2.75, 3.05) is 45.9 Å². The number of rotatable bonds is 10. The van der Waals surface area contributed by atoms with E-state index in [0.29, 0.717) is 17.3 Å². The average Bonchev–Trinajstić information content (AvgIpc) is 2.38. The van der Waals surface area contributed by atoms with Crippen LogP contribution in [0.4, 0.5) is 0 Å². The lowest BCUT2D eigenvalue weighted by Crippen LogP contribution is -2.45. The van der Waals surface area contributed by atoms with Crippen LogP contribution in [0, 0.1) is 0 Å². The number of piperidine rings is 1. The quantitative estimate of drug-likeness (QED) is 0.421. The van der Waals surface area contributed by atoms with Crippen molar-refractivity contribution >= 4 is 12.6 Å². The molecule has 120 valence electrons. The molecule has 1 aliphatic rings. The molecule has 5 heteroatoms. The third-order valence-electron chi connectivity index (χ3n) is 3.57. The van der Waals surface area contributed by atoms with Gasteiger partial charge in [0.15, 0.2) is 0 Å². The minimum atomic E-state index is 0.413. The molecule has 0 bridgehead atoms. The number of likely N-dealkylation sites (tertiary alicyclic amines) is 1. The molecule has 20 heavy (non-hydrogen) atoms. The number of thiol groups is 1. The summed E-state index contributed by atoms with van der Waals surface area (Å²) in [6, 6.07) is 1.31. The molecule has 1 atom stereocenters. The van der Waals surface area contributed by atoms with Gasteiger partial charge in [0.1, 0.15) is 0 Å². The van der Waals surface area contributed by atoms with Crippen molar-refractivity contribution in [2.45, 2.75) is 50.9 Å². The van der Waals surface area contributed by atoms with Crippen LogP contribution in [0.5, 0.6) is 0 Å². The minimum Gasteiger partial charge on any atom is -0.379 e. The highest BCUT2D eigenvalue weighted by Gasteiger charge is 2.18. The van der Waals surface area contributed by atoms with E-state index in [1.165, 1.54) is 25.9 Å². The van der Waals surface area contributed by atoms with E-state index in [1.807, 2.05) is 0 Å². The van der Waals surface area contributed by atoms with Crippen molar-refractivity contribution in [1.82, 2.24) is 15.5 Å². The number of hydrogen-bond acceptors (Lipinski definition) is 5. The van der Waals surface area contributed by atoms with Crippen LogP contribution in [0.15, 0.2) is 0 Å². The maximum absolute atomic E-state index is 5.66. The second-order valence-electron chi connectivity index (χ2n) is 6.10. The molecule has 0 aromatic carbocycles. The van der Waals surface area contributed by atoms with Crippen LogP contribution in [0.25, 0.3) is 0 Å². The first-order valence-electron chi connectivity index (χ1n) is 8.03. The van der Waals surface area contributed by atoms with E-state index in [4.69, 9.17) is 4.74 Å². The van der Waals surface area contributed by atoms with Crippen molar-refractivity contribution in [3.8, 4) is 0 Å². The summed E-state index contributed by atoms with van der Waals surface area (Å²) in [6.45, 7) is 13.5. The molecule has 1 aliphatic heterocycles. The summed E-state index contributed by atoms with van der Waals surface area (Å²) in [4.78, 5) is 2.52. The first kappa shape index (κ1) is 18.2. The van der Waals surface area contributed by atoms with Gasteiger partial charge in [-0.05, 0) is 25.9 Å². The molecule has 4 nitrogen and oxygen atoms in total. The molecule has 1 heterocycles. The van der Waals surface area contributed by atoms with Gasteiger partial charge in [-0.15, -0.1) is 0 Å². The summed E-state index contributed by atoms with van der Waals surface area (Å²) < 4.78 is 5.66. The van der Waals surface area contributed by atoms with Crippen LogP contribution >= 0.6 is 12.6 Å². The van der Waals surface area contributed by atoms with Crippen molar-refractivity contribution in [2.24, 2.45) is 0 Å². The smallest absolute Gasteiger partial charge is 0.0594 e. The second kappa shape index (κ2) is 10.9. The Balaban J connectivity index is 1.91. The van der Waals surface area contributed by atoms with Crippen molar-refractivity contribution in [3.05, 3.63) is 0 Å². The van der Waals surface area contributed by atoms with E-state index in [1.54, 1.807) is 0 Å². The van der Waals surface area contributed by atoms with Crippen LogP contribution in [-0.4, -0.2) is 68.2 Å². The van der Waals surface area contributed by atoms with E-state index in [0.717, 1.165) is 32.8 Å². The molecule has 0 aromatic heterocycles. The zero-order valence-electron chi connectivity index (χ0n) is 13.4. The number of nitrogens with one attached hydrogen (secondary N) is 2. The highest BCUT2D eigenvalue weighted by molar-refractivity contribution is 7.80. The average molecular weight is 304 g/mol. The van der Waals surface area contributed by atoms with Crippen LogP contribution in [-0.2, 0) is 4.74 Å². The normalized spacial score (nSPS) is 19.6. The largest absolute Gasteiger partial charge is 0.379 e. The Labute approximate surface area is 130 Å². The van der Waals surface area contributed by atoms with Gasteiger partial charge in [-0.3, -0.25) is 0 Å². The molecule has 1 saturated heterocycles. The predicted octanol–water partition coefficient (Wildman–Crippen LogP) is 1.37. The molecule has 0 aromatic rings. The van der Waals surface area contributed by atoms with Crippen LogP contribution in [0.1, 0.15) is 33.6 Å². The molecule has 0 amide bonds. The molecule has 0 spiro atoms. The maximum Gasteiger partial charge on any atom is 0.0594 e. The maximum atomic E-state index is 5.66. The van der Waals surface area contributed by atoms with E-state index < -0.39 is 0 Å². The first-order valence-corrected chi connectivity index (χ1v) is 8.54. The highest BCUT2D eigenvalue weighted by Crippen LogP contribution is 2.10. The van der Waals surface area contributed by atoms with Crippen molar-refractivity contribution < 1.29 is 4.74 Å². The fraction of sp³-hybridized carbons (Fsp3) is 1.00. The molecule has 0 aliphatic carbocycles. The first-order chi connectivity index (χ1) is 9.58. The van der Waals surface area contributed by atoms with Crippen LogP contribution in [0.3, 0.4) is 0 Å². The lowest BCUT2D eigenvalue weighted by Gasteiger charge is -2.33. The highest BCUT2D eigenvalue weighted by atomic mass is 32.1. The number of nitrogens with zero attached hydrogens (tertiary/aromatic N) is 1. The van der Waals surface area contributed by atoms with Gasteiger partial charge < -0.3 is 20.3 Å². The fourth-order valence-corrected chi connectivity index (χ4v) is 2.67. The fourth-order valence-electron chi connectivity index (χ4n) is 2.55. The molecule has 1 unspecified atom stereocenters. The molecule has 2 N–H and O–H groups in total. The zero-order chi connectivity index (χ0) is 14.8. The Morgan fingerprint density at radius 1 is 1.20 bits per heavy atom. The summed E-state index contributed by atoms with van der Waals surface area (Å²) in [6.07, 6.45) is 2.53. The van der Waals surface area contributed by atoms with Gasteiger partial charge in [-0.2, -0.15) is 12.6 Å². The van der Waals surface area contributed by atoms with Crippen LogP contribution < -0.4 is 10.6 Å². The monoisotopic (exact) mass is 303 g/mol. The Morgan fingerprint density at radius 3 is 2.50 bits per heavy atom. The molecule has 1 rings (SSSR count). The number of ether oxygens (including phenoxy) is 1. The van der Waals surface area contributed by atoms with Crippen LogP contribution in [0.2, 0.25) is 0 Å². The zero-order valence-corrected chi connectivity index (χ0v) is 14.3. The lowest BCUT2D eigenvalue weighted by atomic mass is 10.0. The van der Waals surface area contributed by atoms with Crippen molar-refractivity contribution in [1.29, 1.82) is 0 Å². The van der Waals surface area contributed by atoms with Gasteiger partial charge in [0.2, 0.25) is 0 Å². The van der Waals surface area contributed by atoms with Gasteiger partial charge in [0.05, 0.1) is 13.2 Å². The standard InChI is InChI=1S/C15H33N3OS/c1-13(2)17-15-4-7-18(8-5-15)9-11-19-10-6-16-12-14(3)20/h13-17,20H,4-12H2,1-3H3. The van der Waals surface area contributed by atoms with Gasteiger partial charge in [0.25, 0.3) is 0 Å². The summed E-state index contributed by atoms with van der Waals surface area (Å²) in [5, 5.41) is 7.37.